The zero-order valence-corrected chi connectivity index (χ0v) is 12.4. The highest BCUT2D eigenvalue weighted by Crippen LogP contribution is 2.06. The van der Waals surface area contributed by atoms with Crippen molar-refractivity contribution >= 4 is 16.1 Å². The number of amides is 1. The number of nitrogens with zero attached hydrogens (tertiary/aromatic N) is 2. The van der Waals surface area contributed by atoms with E-state index in [0.717, 1.165) is 13.0 Å². The lowest BCUT2D eigenvalue weighted by molar-refractivity contribution is -0.132. The first-order valence-corrected chi connectivity index (χ1v) is 8.10. The second-order valence-electron chi connectivity index (χ2n) is 5.04. The van der Waals surface area contributed by atoms with E-state index in [-0.39, 0.29) is 19.0 Å². The molecule has 7 nitrogen and oxygen atoms in total. The fourth-order valence-corrected chi connectivity index (χ4v) is 2.65. The first kappa shape index (κ1) is 16.4. The highest BCUT2D eigenvalue weighted by molar-refractivity contribution is 7.86. The van der Waals surface area contributed by atoms with Crippen molar-refractivity contribution in [1.29, 1.82) is 0 Å². The van der Waals surface area contributed by atoms with Gasteiger partial charge in [-0.25, -0.2) is 5.14 Å². The summed E-state index contributed by atoms with van der Waals surface area (Å²) in [4.78, 5) is 13.6. The largest absolute Gasteiger partial charge is 0.340 e. The summed E-state index contributed by atoms with van der Waals surface area (Å²) < 4.78 is 23.5. The van der Waals surface area contributed by atoms with E-state index in [1.54, 1.807) is 4.90 Å². The van der Waals surface area contributed by atoms with Gasteiger partial charge in [0.05, 0.1) is 0 Å². The molecule has 0 bridgehead atoms. The molecule has 0 atom stereocenters. The van der Waals surface area contributed by atoms with Crippen LogP contribution in [0.1, 0.15) is 26.7 Å². The summed E-state index contributed by atoms with van der Waals surface area (Å²) in [6.07, 6.45) is 1.29. The minimum atomic E-state index is -3.62. The number of nitrogens with two attached hydrogens (primary N) is 1. The van der Waals surface area contributed by atoms with Crippen LogP contribution < -0.4 is 10.5 Å². The quantitative estimate of drug-likeness (QED) is 0.621. The summed E-state index contributed by atoms with van der Waals surface area (Å²) in [5.41, 5.74) is 0. The number of carbonyl (C=O) groups excluding carboxylic acids is 1. The molecule has 1 aliphatic heterocycles. The van der Waals surface area contributed by atoms with Crippen LogP contribution in [0.3, 0.4) is 0 Å². The molecular formula is C11H24N4O3S. The molecule has 0 aromatic rings. The number of rotatable bonds is 6. The van der Waals surface area contributed by atoms with Crippen LogP contribution in [0.15, 0.2) is 0 Å². The van der Waals surface area contributed by atoms with Crippen molar-refractivity contribution in [2.45, 2.75) is 32.7 Å². The molecule has 1 rings (SSSR count). The fraction of sp³-hybridized carbons (Fsp3) is 0.909. The van der Waals surface area contributed by atoms with Crippen molar-refractivity contribution in [3.05, 3.63) is 0 Å². The molecule has 1 fully saturated rings. The third kappa shape index (κ3) is 5.85. The summed E-state index contributed by atoms with van der Waals surface area (Å²) in [6, 6.07) is 0.424. The van der Waals surface area contributed by atoms with Crippen LogP contribution >= 0.6 is 0 Å². The maximum atomic E-state index is 11.9. The van der Waals surface area contributed by atoms with E-state index in [1.807, 2.05) is 0 Å². The van der Waals surface area contributed by atoms with Crippen LogP contribution in [0.2, 0.25) is 0 Å². The predicted molar refractivity (Wildman–Crippen MR) is 73.6 cm³/mol. The molecule has 0 aromatic heterocycles. The SMILES string of the molecule is CC(C)NCCCC(=O)N1CCN(S(N)(=O)=O)CC1. The Morgan fingerprint density at radius 2 is 1.84 bits per heavy atom. The van der Waals surface area contributed by atoms with E-state index in [2.05, 4.69) is 19.2 Å². The van der Waals surface area contributed by atoms with Crippen molar-refractivity contribution in [1.82, 2.24) is 14.5 Å². The second-order valence-corrected chi connectivity index (χ2v) is 6.58. The molecule has 0 aromatic carbocycles. The molecule has 19 heavy (non-hydrogen) atoms. The zero-order chi connectivity index (χ0) is 14.5. The smallest absolute Gasteiger partial charge is 0.277 e. The van der Waals surface area contributed by atoms with E-state index in [9.17, 15) is 13.2 Å². The highest BCUT2D eigenvalue weighted by Gasteiger charge is 2.25. The Labute approximate surface area is 115 Å². The van der Waals surface area contributed by atoms with Crippen molar-refractivity contribution < 1.29 is 13.2 Å². The average molecular weight is 292 g/mol. The van der Waals surface area contributed by atoms with Gasteiger partial charge in [-0.05, 0) is 13.0 Å². The monoisotopic (exact) mass is 292 g/mol. The molecule has 3 N–H and O–H groups in total. The van der Waals surface area contributed by atoms with Crippen LogP contribution in [-0.4, -0.2) is 62.3 Å². The lowest BCUT2D eigenvalue weighted by Gasteiger charge is -2.33. The Bertz CT molecular complexity index is 389. The Morgan fingerprint density at radius 1 is 1.26 bits per heavy atom. The van der Waals surface area contributed by atoms with Crippen molar-refractivity contribution in [3.63, 3.8) is 0 Å². The molecule has 0 saturated carbocycles. The Balaban J connectivity index is 2.25. The fourth-order valence-electron chi connectivity index (χ4n) is 1.98. The Kier molecular flexibility index (Phi) is 6.18. The van der Waals surface area contributed by atoms with E-state index in [0.29, 0.717) is 25.6 Å². The van der Waals surface area contributed by atoms with Gasteiger partial charge in [-0.2, -0.15) is 12.7 Å². The van der Waals surface area contributed by atoms with Crippen LogP contribution in [0, 0.1) is 0 Å². The molecule has 0 aliphatic carbocycles. The topological polar surface area (TPSA) is 95.7 Å². The molecule has 1 aliphatic rings. The summed E-state index contributed by atoms with van der Waals surface area (Å²) in [5.74, 6) is 0.0830. The predicted octanol–water partition coefficient (Wildman–Crippen LogP) is -0.888. The van der Waals surface area contributed by atoms with Gasteiger partial charge in [0, 0.05) is 38.6 Å². The second kappa shape index (κ2) is 7.18. The van der Waals surface area contributed by atoms with Crippen molar-refractivity contribution in [2.24, 2.45) is 5.14 Å². The number of nitrogens with one attached hydrogen (secondary N) is 1. The zero-order valence-electron chi connectivity index (χ0n) is 11.6. The van der Waals surface area contributed by atoms with Gasteiger partial charge < -0.3 is 10.2 Å². The normalized spacial score (nSPS) is 18.0. The minimum Gasteiger partial charge on any atom is -0.340 e. The molecule has 0 radical (unpaired) electrons. The van der Waals surface area contributed by atoms with Crippen LogP contribution in [-0.2, 0) is 15.0 Å². The molecule has 1 heterocycles. The molecule has 0 spiro atoms. The number of hydrogen-bond acceptors (Lipinski definition) is 4. The van der Waals surface area contributed by atoms with Gasteiger partial charge >= 0.3 is 0 Å². The van der Waals surface area contributed by atoms with Crippen LogP contribution in [0.5, 0.6) is 0 Å². The minimum absolute atomic E-state index is 0.0830. The summed E-state index contributed by atoms with van der Waals surface area (Å²) in [5, 5.41) is 8.30. The van der Waals surface area contributed by atoms with Gasteiger partial charge in [0.1, 0.15) is 0 Å². The molecule has 8 heteroatoms. The first-order chi connectivity index (χ1) is 8.80. The van der Waals surface area contributed by atoms with E-state index in [4.69, 9.17) is 5.14 Å². The van der Waals surface area contributed by atoms with Crippen molar-refractivity contribution in [3.8, 4) is 0 Å². The number of carbonyl (C=O) groups is 1. The Hall–Kier alpha value is -0.700. The summed E-state index contributed by atoms with van der Waals surface area (Å²) in [6.45, 7) is 6.37. The summed E-state index contributed by atoms with van der Waals surface area (Å²) >= 11 is 0. The maximum absolute atomic E-state index is 11.9. The van der Waals surface area contributed by atoms with Crippen molar-refractivity contribution in [2.75, 3.05) is 32.7 Å². The molecule has 1 saturated heterocycles. The third-order valence-corrected chi connectivity index (χ3v) is 4.16. The van der Waals surface area contributed by atoms with Gasteiger partial charge in [0.15, 0.2) is 0 Å². The lowest BCUT2D eigenvalue weighted by Crippen LogP contribution is -2.52. The highest BCUT2D eigenvalue weighted by atomic mass is 32.2. The third-order valence-electron chi connectivity index (χ3n) is 3.07. The molecule has 1 amide bonds. The van der Waals surface area contributed by atoms with Gasteiger partial charge in [-0.1, -0.05) is 13.8 Å². The number of piperazine rings is 1. The van der Waals surface area contributed by atoms with E-state index < -0.39 is 10.2 Å². The van der Waals surface area contributed by atoms with E-state index >= 15 is 0 Å². The molecular weight excluding hydrogens is 268 g/mol. The van der Waals surface area contributed by atoms with Gasteiger partial charge in [0.25, 0.3) is 10.2 Å². The Morgan fingerprint density at radius 3 is 2.32 bits per heavy atom. The van der Waals surface area contributed by atoms with Gasteiger partial charge in [-0.15, -0.1) is 0 Å². The van der Waals surface area contributed by atoms with Gasteiger partial charge in [0.2, 0.25) is 5.91 Å². The lowest BCUT2D eigenvalue weighted by atomic mass is 10.2. The van der Waals surface area contributed by atoms with Crippen LogP contribution in [0.25, 0.3) is 0 Å². The number of hydrogen-bond donors (Lipinski definition) is 2. The first-order valence-electron chi connectivity index (χ1n) is 6.59. The van der Waals surface area contributed by atoms with Crippen LogP contribution in [0.4, 0.5) is 0 Å². The van der Waals surface area contributed by atoms with Gasteiger partial charge in [-0.3, -0.25) is 4.79 Å². The molecule has 112 valence electrons. The standard InChI is InChI=1S/C11H24N4O3S/c1-10(2)13-5-3-4-11(16)14-6-8-15(9-7-14)19(12,17)18/h10,13H,3-9H2,1-2H3,(H2,12,17,18). The molecule has 0 unspecified atom stereocenters. The summed E-state index contributed by atoms with van der Waals surface area (Å²) in [7, 11) is -3.62. The average Bonchev–Trinajstić information content (AvgIpc) is 2.33. The van der Waals surface area contributed by atoms with E-state index in [1.165, 1.54) is 4.31 Å². The maximum Gasteiger partial charge on any atom is 0.277 e.